The fourth-order valence-electron chi connectivity index (χ4n) is 2.92. The van der Waals surface area contributed by atoms with Gasteiger partial charge in [-0.25, -0.2) is 4.39 Å². The molecular weight excluding hydrogens is 347 g/mol. The number of rotatable bonds is 7. The molecule has 0 saturated carbocycles. The summed E-state index contributed by atoms with van der Waals surface area (Å²) in [6.45, 7) is 1.51. The van der Waals surface area contributed by atoms with Gasteiger partial charge >= 0.3 is 0 Å². The first-order valence-electron chi connectivity index (χ1n) is 8.42. The molecule has 0 saturated heterocycles. The standard InChI is InChI=1S/C21H17FN2O3/c1-14(25)16-8-7-15(11-19(16)22)27-13-21(26)18-12-24(10-4-9-23)20-6-3-2-5-17(18)20/h2-3,5-8,11-12H,4,10,13H2,1H3. The van der Waals surface area contributed by atoms with E-state index in [0.29, 0.717) is 18.5 Å². The zero-order valence-corrected chi connectivity index (χ0v) is 14.7. The number of benzene rings is 2. The second-order valence-corrected chi connectivity index (χ2v) is 6.07. The number of Topliss-reactive ketones (excluding diaryl/α,β-unsaturated/α-hetero) is 2. The summed E-state index contributed by atoms with van der Waals surface area (Å²) in [5, 5.41) is 9.58. The Balaban J connectivity index is 1.80. The van der Waals surface area contributed by atoms with E-state index >= 15 is 0 Å². The van der Waals surface area contributed by atoms with Crippen LogP contribution in [0.3, 0.4) is 0 Å². The fraction of sp³-hybridized carbons (Fsp3) is 0.190. The molecule has 1 aromatic heterocycles. The number of ether oxygens (including phenoxy) is 1. The van der Waals surface area contributed by atoms with Crippen LogP contribution in [0, 0.1) is 17.1 Å². The maximum absolute atomic E-state index is 13.9. The lowest BCUT2D eigenvalue weighted by atomic mass is 10.1. The number of ketones is 2. The van der Waals surface area contributed by atoms with Crippen LogP contribution in [0.15, 0.2) is 48.7 Å². The van der Waals surface area contributed by atoms with E-state index in [9.17, 15) is 14.0 Å². The summed E-state index contributed by atoms with van der Waals surface area (Å²) in [4.78, 5) is 23.9. The van der Waals surface area contributed by atoms with Crippen LogP contribution in [0.25, 0.3) is 10.9 Å². The van der Waals surface area contributed by atoms with Crippen molar-refractivity contribution in [2.24, 2.45) is 0 Å². The van der Waals surface area contributed by atoms with Crippen molar-refractivity contribution in [2.75, 3.05) is 6.61 Å². The molecule has 1 heterocycles. The predicted molar refractivity (Wildman–Crippen MR) is 98.4 cm³/mol. The number of nitrogens with zero attached hydrogens (tertiary/aromatic N) is 2. The number of carbonyl (C=O) groups is 2. The predicted octanol–water partition coefficient (Wildman–Crippen LogP) is 4.16. The number of aromatic nitrogens is 1. The van der Waals surface area contributed by atoms with Crippen molar-refractivity contribution in [3.63, 3.8) is 0 Å². The zero-order valence-electron chi connectivity index (χ0n) is 14.7. The molecule has 0 aliphatic rings. The van der Waals surface area contributed by atoms with E-state index in [0.717, 1.165) is 17.0 Å². The van der Waals surface area contributed by atoms with Crippen LogP contribution in [0.2, 0.25) is 0 Å². The third-order valence-electron chi connectivity index (χ3n) is 4.24. The van der Waals surface area contributed by atoms with Gasteiger partial charge in [-0.3, -0.25) is 9.59 Å². The maximum Gasteiger partial charge on any atom is 0.202 e. The Morgan fingerprint density at radius 2 is 1.96 bits per heavy atom. The van der Waals surface area contributed by atoms with Crippen LogP contribution in [0.1, 0.15) is 34.1 Å². The number of hydrogen-bond donors (Lipinski definition) is 0. The Morgan fingerprint density at radius 3 is 2.67 bits per heavy atom. The molecule has 0 bridgehead atoms. The van der Waals surface area contributed by atoms with Gasteiger partial charge in [0.05, 0.1) is 18.1 Å². The van der Waals surface area contributed by atoms with Gasteiger partial charge in [0.1, 0.15) is 11.6 Å². The van der Waals surface area contributed by atoms with Gasteiger partial charge in [-0.05, 0) is 25.1 Å². The Morgan fingerprint density at radius 1 is 1.19 bits per heavy atom. The summed E-state index contributed by atoms with van der Waals surface area (Å²) < 4.78 is 21.1. The highest BCUT2D eigenvalue weighted by molar-refractivity contribution is 6.08. The van der Waals surface area contributed by atoms with E-state index in [-0.39, 0.29) is 29.5 Å². The molecule has 136 valence electrons. The van der Waals surface area contributed by atoms with Crippen molar-refractivity contribution in [1.29, 1.82) is 5.26 Å². The molecule has 0 aliphatic carbocycles. The minimum atomic E-state index is -0.680. The van der Waals surface area contributed by atoms with E-state index in [4.69, 9.17) is 10.00 Å². The summed E-state index contributed by atoms with van der Waals surface area (Å²) in [7, 11) is 0. The first kappa shape index (κ1) is 18.3. The van der Waals surface area contributed by atoms with E-state index in [1.165, 1.54) is 19.1 Å². The number of hydrogen-bond acceptors (Lipinski definition) is 4. The lowest BCUT2D eigenvalue weighted by Gasteiger charge is -2.06. The largest absolute Gasteiger partial charge is 0.485 e. The Kier molecular flexibility index (Phi) is 5.32. The van der Waals surface area contributed by atoms with Crippen LogP contribution < -0.4 is 4.74 Å². The third kappa shape index (κ3) is 3.87. The Bertz CT molecular complexity index is 1060. The average molecular weight is 364 g/mol. The molecule has 0 N–H and O–H groups in total. The molecule has 0 atom stereocenters. The number of nitriles is 1. The van der Waals surface area contributed by atoms with E-state index in [1.54, 1.807) is 6.20 Å². The number of fused-ring (bicyclic) bond motifs is 1. The van der Waals surface area contributed by atoms with Crippen molar-refractivity contribution >= 4 is 22.5 Å². The van der Waals surface area contributed by atoms with Crippen LogP contribution in [-0.2, 0) is 6.54 Å². The van der Waals surface area contributed by atoms with Crippen molar-refractivity contribution in [3.05, 3.63) is 65.6 Å². The van der Waals surface area contributed by atoms with Gasteiger partial charge in [0.25, 0.3) is 0 Å². The molecule has 0 unspecified atom stereocenters. The lowest BCUT2D eigenvalue weighted by molar-refractivity contribution is 0.0921. The topological polar surface area (TPSA) is 72.1 Å². The minimum Gasteiger partial charge on any atom is -0.485 e. The molecule has 0 spiro atoms. The second-order valence-electron chi connectivity index (χ2n) is 6.07. The maximum atomic E-state index is 13.9. The molecule has 3 aromatic rings. The monoisotopic (exact) mass is 364 g/mol. The van der Waals surface area contributed by atoms with E-state index in [1.807, 2.05) is 28.8 Å². The van der Waals surface area contributed by atoms with Crippen LogP contribution in [0.5, 0.6) is 5.75 Å². The molecule has 5 nitrogen and oxygen atoms in total. The van der Waals surface area contributed by atoms with Crippen molar-refractivity contribution in [3.8, 4) is 11.8 Å². The van der Waals surface area contributed by atoms with Gasteiger partial charge in [-0.15, -0.1) is 0 Å². The molecular formula is C21H17FN2O3. The lowest BCUT2D eigenvalue weighted by Crippen LogP contribution is -2.11. The summed E-state index contributed by atoms with van der Waals surface area (Å²) in [5.41, 5.74) is 1.34. The first-order valence-corrected chi connectivity index (χ1v) is 8.42. The molecule has 0 radical (unpaired) electrons. The van der Waals surface area contributed by atoms with Gasteiger partial charge in [0.15, 0.2) is 12.4 Å². The second kappa shape index (κ2) is 7.83. The van der Waals surface area contributed by atoms with Gasteiger partial charge in [-0.2, -0.15) is 5.26 Å². The summed E-state index contributed by atoms with van der Waals surface area (Å²) >= 11 is 0. The van der Waals surface area contributed by atoms with Gasteiger partial charge < -0.3 is 9.30 Å². The Labute approximate surface area is 155 Å². The highest BCUT2D eigenvalue weighted by Gasteiger charge is 2.16. The third-order valence-corrected chi connectivity index (χ3v) is 4.24. The van der Waals surface area contributed by atoms with Crippen LogP contribution in [0.4, 0.5) is 4.39 Å². The SMILES string of the molecule is CC(=O)c1ccc(OCC(=O)c2cn(CCC#N)c3ccccc23)cc1F. The molecule has 0 aliphatic heterocycles. The number of halogens is 1. The quantitative estimate of drug-likeness (QED) is 0.590. The summed E-state index contributed by atoms with van der Waals surface area (Å²) in [6, 6.07) is 13.4. The van der Waals surface area contributed by atoms with Gasteiger partial charge in [0.2, 0.25) is 5.78 Å². The normalized spacial score (nSPS) is 10.6. The fourth-order valence-corrected chi connectivity index (χ4v) is 2.92. The number of aryl methyl sites for hydroxylation is 1. The Hall–Kier alpha value is -3.46. The number of carbonyl (C=O) groups excluding carboxylic acids is 2. The molecule has 0 amide bonds. The highest BCUT2D eigenvalue weighted by atomic mass is 19.1. The highest BCUT2D eigenvalue weighted by Crippen LogP contribution is 2.23. The molecule has 0 fully saturated rings. The molecule has 2 aromatic carbocycles. The van der Waals surface area contributed by atoms with E-state index < -0.39 is 5.82 Å². The summed E-state index contributed by atoms with van der Waals surface area (Å²) in [6.07, 6.45) is 2.05. The minimum absolute atomic E-state index is 0.0192. The van der Waals surface area contributed by atoms with Crippen molar-refractivity contribution < 1.29 is 18.7 Å². The molecule has 6 heteroatoms. The van der Waals surface area contributed by atoms with Gasteiger partial charge in [0, 0.05) is 35.3 Å². The van der Waals surface area contributed by atoms with E-state index in [2.05, 4.69) is 6.07 Å². The average Bonchev–Trinajstić information content (AvgIpc) is 3.03. The molecule has 27 heavy (non-hydrogen) atoms. The molecule has 3 rings (SSSR count). The van der Waals surface area contributed by atoms with Crippen LogP contribution in [-0.4, -0.2) is 22.7 Å². The first-order chi connectivity index (χ1) is 13.0. The van der Waals surface area contributed by atoms with Crippen molar-refractivity contribution in [2.45, 2.75) is 19.9 Å². The zero-order chi connectivity index (χ0) is 19.4. The number of para-hydroxylation sites is 1. The van der Waals surface area contributed by atoms with Crippen LogP contribution >= 0.6 is 0 Å². The van der Waals surface area contributed by atoms with Crippen molar-refractivity contribution in [1.82, 2.24) is 4.57 Å². The summed E-state index contributed by atoms with van der Waals surface area (Å²) in [5.74, 6) is -1.13. The van der Waals surface area contributed by atoms with Gasteiger partial charge in [-0.1, -0.05) is 18.2 Å². The smallest absolute Gasteiger partial charge is 0.202 e.